The number of carboxylic acids is 1. The fourth-order valence-electron chi connectivity index (χ4n) is 5.43. The summed E-state index contributed by atoms with van der Waals surface area (Å²) in [5.74, 6) is -3.18. The number of carbonyl (C=O) groups excluding carboxylic acids is 2. The van der Waals surface area contributed by atoms with Gasteiger partial charge in [0.25, 0.3) is 5.91 Å². The summed E-state index contributed by atoms with van der Waals surface area (Å²) in [4.78, 5) is 43.6. The molecule has 0 spiro atoms. The molecule has 1 amide bonds. The number of halogens is 4. The van der Waals surface area contributed by atoms with Gasteiger partial charge in [0.05, 0.1) is 35.3 Å². The molecule has 1 fully saturated rings. The third-order valence-corrected chi connectivity index (χ3v) is 7.37. The van der Waals surface area contributed by atoms with Crippen molar-refractivity contribution in [3.63, 3.8) is 0 Å². The van der Waals surface area contributed by atoms with Crippen LogP contribution in [-0.2, 0) is 11.0 Å². The van der Waals surface area contributed by atoms with Crippen LogP contribution in [0.3, 0.4) is 0 Å². The smallest absolute Gasteiger partial charge is 0.433 e. The van der Waals surface area contributed by atoms with Crippen LogP contribution in [0.5, 0.6) is 0 Å². The van der Waals surface area contributed by atoms with Gasteiger partial charge in [0.2, 0.25) is 0 Å². The van der Waals surface area contributed by atoms with Gasteiger partial charge in [-0.25, -0.2) is 0 Å². The highest BCUT2D eigenvalue weighted by Crippen LogP contribution is 2.47. The van der Waals surface area contributed by atoms with E-state index in [1.165, 1.54) is 12.4 Å². The summed E-state index contributed by atoms with van der Waals surface area (Å²) in [6, 6.07) is -0.746. The topological polar surface area (TPSA) is 105 Å². The van der Waals surface area contributed by atoms with Crippen LogP contribution in [0.25, 0.3) is 0 Å². The lowest BCUT2D eigenvalue weighted by molar-refractivity contribution is -0.151. The molecule has 0 bridgehead atoms. The number of amides is 1. The van der Waals surface area contributed by atoms with Crippen molar-refractivity contribution in [3.05, 3.63) is 46.0 Å². The van der Waals surface area contributed by atoms with Crippen molar-refractivity contribution in [2.75, 3.05) is 13.1 Å². The van der Waals surface area contributed by atoms with Crippen LogP contribution in [0, 0.1) is 23.7 Å². The maximum absolute atomic E-state index is 14.5. The van der Waals surface area contributed by atoms with Crippen molar-refractivity contribution in [2.24, 2.45) is 16.7 Å². The summed E-state index contributed by atoms with van der Waals surface area (Å²) in [5, 5.41) is 13.6. The number of Topliss-reactive ketones (excluding diaryl/α,β-unsaturated/α-hetero) is 1. The Morgan fingerprint density at radius 2 is 1.79 bits per heavy atom. The van der Waals surface area contributed by atoms with E-state index in [0.717, 1.165) is 15.8 Å². The summed E-state index contributed by atoms with van der Waals surface area (Å²) < 4.78 is 44.2. The maximum Gasteiger partial charge on any atom is 0.433 e. The van der Waals surface area contributed by atoms with Gasteiger partial charge in [0.1, 0.15) is 0 Å². The predicted octanol–water partition coefficient (Wildman–Crippen LogP) is 6.08. The van der Waals surface area contributed by atoms with Gasteiger partial charge in [-0.15, -0.1) is 0 Å². The number of aliphatic carboxylic acids is 1. The highest BCUT2D eigenvalue weighted by atomic mass is 35.5. The molecule has 2 aromatic heterocycles. The first-order valence-electron chi connectivity index (χ1n) is 12.6. The molecule has 3 rings (SSSR count). The van der Waals surface area contributed by atoms with Crippen LogP contribution in [0.1, 0.15) is 91.9 Å². The molecule has 2 atom stereocenters. The van der Waals surface area contributed by atoms with Crippen LogP contribution < -0.4 is 0 Å². The first-order chi connectivity index (χ1) is 17.8. The molecule has 1 N–H and O–H groups in total. The standard InChI is InChI=1S/C27H34ClF3N4O4/c1-15-10-32-12-19(28)21(15)20(36)13-34(14-25(2,3)4)23(37)17-11-33-35(22(17)27(29,30)31)16-7-8-18(24(38)39)26(5,6)9-16/h10-12,16,18H,7-9,13-14H2,1-6H3,(H,38,39)/t16-,18+/m0/s1. The normalized spacial score (nSPS) is 19.5. The average Bonchev–Trinajstić information content (AvgIpc) is 3.22. The fourth-order valence-corrected chi connectivity index (χ4v) is 5.74. The molecular weight excluding hydrogens is 537 g/mol. The molecule has 2 aromatic rings. The molecule has 214 valence electrons. The lowest BCUT2D eigenvalue weighted by Crippen LogP contribution is -2.42. The maximum atomic E-state index is 14.5. The van der Waals surface area contributed by atoms with E-state index >= 15 is 0 Å². The Morgan fingerprint density at radius 1 is 1.15 bits per heavy atom. The number of hydrogen-bond acceptors (Lipinski definition) is 5. The molecule has 0 aliphatic heterocycles. The molecule has 1 aliphatic carbocycles. The summed E-state index contributed by atoms with van der Waals surface area (Å²) >= 11 is 6.18. The number of rotatable bonds is 7. The Labute approximate surface area is 230 Å². The third kappa shape index (κ3) is 6.80. The van der Waals surface area contributed by atoms with Gasteiger partial charge in [-0.2, -0.15) is 18.3 Å². The fraction of sp³-hybridized carbons (Fsp3) is 0.593. The molecule has 2 heterocycles. The van der Waals surface area contributed by atoms with Crippen LogP contribution in [0.4, 0.5) is 13.2 Å². The van der Waals surface area contributed by atoms with Gasteiger partial charge >= 0.3 is 12.1 Å². The molecule has 0 aromatic carbocycles. The number of nitrogens with zero attached hydrogens (tertiary/aromatic N) is 4. The summed E-state index contributed by atoms with van der Waals surface area (Å²) in [7, 11) is 0. The van der Waals surface area contributed by atoms with Gasteiger partial charge in [-0.05, 0) is 42.6 Å². The first kappa shape index (κ1) is 30.6. The van der Waals surface area contributed by atoms with Gasteiger partial charge < -0.3 is 10.0 Å². The minimum atomic E-state index is -4.92. The number of alkyl halides is 3. The Bertz CT molecular complexity index is 1250. The molecule has 8 nitrogen and oxygen atoms in total. The quantitative estimate of drug-likeness (QED) is 0.404. The van der Waals surface area contributed by atoms with E-state index in [2.05, 4.69) is 10.1 Å². The second kappa shape index (κ2) is 10.9. The average molecular weight is 571 g/mol. The molecule has 0 saturated heterocycles. The van der Waals surface area contributed by atoms with Crippen LogP contribution in [-0.4, -0.2) is 55.5 Å². The van der Waals surface area contributed by atoms with E-state index in [4.69, 9.17) is 11.6 Å². The number of pyridine rings is 1. The van der Waals surface area contributed by atoms with E-state index in [1.54, 1.807) is 41.5 Å². The highest BCUT2D eigenvalue weighted by Gasteiger charge is 2.47. The SMILES string of the molecule is Cc1cncc(Cl)c1C(=O)CN(CC(C)(C)C)C(=O)c1cnn([C@H]2CC[C@H](C(=O)O)C(C)(C)C2)c1C(F)(F)F. The van der Waals surface area contributed by atoms with Crippen LogP contribution in [0.15, 0.2) is 18.6 Å². The number of carboxylic acid groups (broad SMARTS) is 1. The summed E-state index contributed by atoms with van der Waals surface area (Å²) in [6.07, 6.45) is -0.783. The minimum Gasteiger partial charge on any atom is -0.481 e. The number of carbonyl (C=O) groups is 3. The molecule has 0 radical (unpaired) electrons. The predicted molar refractivity (Wildman–Crippen MR) is 139 cm³/mol. The minimum absolute atomic E-state index is 0.00144. The largest absolute Gasteiger partial charge is 0.481 e. The van der Waals surface area contributed by atoms with Crippen molar-refractivity contribution in [1.82, 2.24) is 19.7 Å². The first-order valence-corrected chi connectivity index (χ1v) is 13.0. The van der Waals surface area contributed by atoms with Crippen LogP contribution in [0.2, 0.25) is 5.02 Å². The third-order valence-electron chi connectivity index (χ3n) is 7.09. The highest BCUT2D eigenvalue weighted by molar-refractivity contribution is 6.34. The second-order valence-corrected chi connectivity index (χ2v) is 12.5. The second-order valence-electron chi connectivity index (χ2n) is 12.1. The molecule has 1 saturated carbocycles. The summed E-state index contributed by atoms with van der Waals surface area (Å²) in [5.41, 5.74) is -2.54. The van der Waals surface area contributed by atoms with E-state index < -0.39 is 64.4 Å². The zero-order valence-corrected chi connectivity index (χ0v) is 23.7. The lowest BCUT2D eigenvalue weighted by Gasteiger charge is -2.40. The van der Waals surface area contributed by atoms with E-state index in [1.807, 2.05) is 0 Å². The number of aryl methyl sites for hydroxylation is 1. The molecule has 1 aliphatic rings. The number of aromatic nitrogens is 3. The lowest BCUT2D eigenvalue weighted by atomic mass is 9.67. The van der Waals surface area contributed by atoms with Crippen LogP contribution >= 0.6 is 11.6 Å². The Balaban J connectivity index is 2.02. The van der Waals surface area contributed by atoms with Crippen molar-refractivity contribution < 1.29 is 32.7 Å². The van der Waals surface area contributed by atoms with Crippen molar-refractivity contribution in [3.8, 4) is 0 Å². The Kier molecular flexibility index (Phi) is 8.55. The number of ketones is 1. The zero-order chi connectivity index (χ0) is 29.5. The van der Waals surface area contributed by atoms with Gasteiger partial charge in [0, 0.05) is 24.5 Å². The Hall–Kier alpha value is -2.95. The van der Waals surface area contributed by atoms with E-state index in [9.17, 15) is 32.7 Å². The van der Waals surface area contributed by atoms with E-state index in [0.29, 0.717) is 5.56 Å². The van der Waals surface area contributed by atoms with Gasteiger partial charge in [0.15, 0.2) is 11.5 Å². The molecular formula is C27H34ClF3N4O4. The molecule has 0 unspecified atom stereocenters. The van der Waals surface area contributed by atoms with Gasteiger partial charge in [-0.1, -0.05) is 46.2 Å². The van der Waals surface area contributed by atoms with Crippen molar-refractivity contribution in [2.45, 2.75) is 73.0 Å². The van der Waals surface area contributed by atoms with Gasteiger partial charge in [-0.3, -0.25) is 24.0 Å². The monoisotopic (exact) mass is 570 g/mol. The van der Waals surface area contributed by atoms with E-state index in [-0.39, 0.29) is 36.4 Å². The molecule has 39 heavy (non-hydrogen) atoms. The zero-order valence-electron chi connectivity index (χ0n) is 22.9. The van der Waals surface area contributed by atoms with Crippen molar-refractivity contribution >= 4 is 29.3 Å². The van der Waals surface area contributed by atoms with Crippen molar-refractivity contribution in [1.29, 1.82) is 0 Å². The molecule has 12 heteroatoms. The summed E-state index contributed by atoms with van der Waals surface area (Å²) in [6.45, 7) is 9.98. The number of hydrogen-bond donors (Lipinski definition) is 1. The Morgan fingerprint density at radius 3 is 2.31 bits per heavy atom.